The van der Waals surface area contributed by atoms with E-state index in [0.29, 0.717) is 23.7 Å². The summed E-state index contributed by atoms with van der Waals surface area (Å²) in [6, 6.07) is 10.2. The van der Waals surface area contributed by atoms with Gasteiger partial charge < -0.3 is 10.2 Å². The molecule has 0 saturated carbocycles. The molecule has 0 radical (unpaired) electrons. The van der Waals surface area contributed by atoms with Crippen molar-refractivity contribution in [2.24, 2.45) is 0 Å². The molecule has 10 heteroatoms. The van der Waals surface area contributed by atoms with E-state index in [4.69, 9.17) is 4.63 Å². The van der Waals surface area contributed by atoms with Gasteiger partial charge in [0.05, 0.1) is 10.7 Å². The number of anilines is 2. The number of aromatic nitrogens is 5. The molecular weight excluding hydrogens is 400 g/mol. The molecule has 0 aliphatic carbocycles. The summed E-state index contributed by atoms with van der Waals surface area (Å²) in [4.78, 5) is 18.6. The molecule has 9 nitrogen and oxygen atoms in total. The topological polar surface area (TPSA) is 96.1 Å². The Labute approximate surface area is 177 Å². The Morgan fingerprint density at radius 3 is 2.50 bits per heavy atom. The van der Waals surface area contributed by atoms with Crippen molar-refractivity contribution in [2.45, 2.75) is 20.0 Å². The van der Waals surface area contributed by atoms with E-state index in [1.54, 1.807) is 11.3 Å². The summed E-state index contributed by atoms with van der Waals surface area (Å²) in [6.45, 7) is 7.17. The number of aryl methyl sites for hydroxylation is 1. The van der Waals surface area contributed by atoms with Crippen LogP contribution in [0.25, 0.3) is 11.3 Å². The van der Waals surface area contributed by atoms with Gasteiger partial charge in [-0.3, -0.25) is 4.90 Å². The molecule has 0 spiro atoms. The molecule has 1 fully saturated rings. The van der Waals surface area contributed by atoms with Crippen LogP contribution in [-0.4, -0.2) is 56.3 Å². The number of benzene rings is 1. The molecule has 4 aromatic rings. The minimum absolute atomic E-state index is 0.409. The number of nitrogens with one attached hydrogen (secondary N) is 1. The maximum Gasteiger partial charge on any atom is 0.245 e. The Bertz CT molecular complexity index is 1120. The highest BCUT2D eigenvalue weighted by molar-refractivity contribution is 7.09. The van der Waals surface area contributed by atoms with Crippen molar-refractivity contribution in [3.05, 3.63) is 52.0 Å². The van der Waals surface area contributed by atoms with E-state index in [2.05, 4.69) is 57.9 Å². The van der Waals surface area contributed by atoms with E-state index in [1.807, 2.05) is 25.1 Å². The molecule has 0 bridgehead atoms. The van der Waals surface area contributed by atoms with Crippen molar-refractivity contribution in [1.82, 2.24) is 30.2 Å². The van der Waals surface area contributed by atoms with E-state index < -0.39 is 0 Å². The molecule has 30 heavy (non-hydrogen) atoms. The van der Waals surface area contributed by atoms with Gasteiger partial charge in [0.2, 0.25) is 11.3 Å². The predicted molar refractivity (Wildman–Crippen MR) is 116 cm³/mol. The van der Waals surface area contributed by atoms with Crippen LogP contribution in [0.4, 0.5) is 11.6 Å². The number of hydrogen-bond acceptors (Lipinski definition) is 10. The molecule has 5 rings (SSSR count). The molecule has 0 unspecified atom stereocenters. The van der Waals surface area contributed by atoms with E-state index in [1.165, 1.54) is 5.56 Å². The van der Waals surface area contributed by atoms with Crippen LogP contribution in [-0.2, 0) is 13.1 Å². The summed E-state index contributed by atoms with van der Waals surface area (Å²) in [5, 5.41) is 14.4. The van der Waals surface area contributed by atoms with Gasteiger partial charge in [0, 0.05) is 44.6 Å². The fraction of sp³-hybridized carbons (Fsp3) is 0.350. The normalized spacial score (nSPS) is 15.0. The zero-order valence-corrected chi connectivity index (χ0v) is 17.5. The highest BCUT2D eigenvalue weighted by Gasteiger charge is 2.23. The lowest BCUT2D eigenvalue weighted by atomic mass is 10.2. The number of thiazole rings is 1. The lowest BCUT2D eigenvalue weighted by Crippen LogP contribution is -2.46. The smallest absolute Gasteiger partial charge is 0.245 e. The summed E-state index contributed by atoms with van der Waals surface area (Å²) in [5.74, 6) is 1.49. The van der Waals surface area contributed by atoms with Gasteiger partial charge >= 0.3 is 0 Å². The fourth-order valence-corrected chi connectivity index (χ4v) is 4.18. The second kappa shape index (κ2) is 8.33. The molecule has 3 aromatic heterocycles. The first-order valence-corrected chi connectivity index (χ1v) is 10.8. The minimum Gasteiger partial charge on any atom is -0.363 e. The van der Waals surface area contributed by atoms with Crippen molar-refractivity contribution in [2.75, 3.05) is 36.4 Å². The second-order valence-electron chi connectivity index (χ2n) is 7.27. The Morgan fingerprint density at radius 1 is 1.00 bits per heavy atom. The van der Waals surface area contributed by atoms with Gasteiger partial charge in [-0.15, -0.1) is 11.3 Å². The van der Waals surface area contributed by atoms with E-state index in [0.717, 1.165) is 49.2 Å². The van der Waals surface area contributed by atoms with Gasteiger partial charge in [0.1, 0.15) is 0 Å². The van der Waals surface area contributed by atoms with E-state index >= 15 is 0 Å². The van der Waals surface area contributed by atoms with Gasteiger partial charge in [-0.1, -0.05) is 30.3 Å². The number of hydrogen-bond donors (Lipinski definition) is 1. The fourth-order valence-electron chi connectivity index (χ4n) is 3.58. The monoisotopic (exact) mass is 422 g/mol. The van der Waals surface area contributed by atoms with Crippen molar-refractivity contribution in [1.29, 1.82) is 0 Å². The van der Waals surface area contributed by atoms with Crippen LogP contribution in [0.15, 0.2) is 40.3 Å². The lowest BCUT2D eigenvalue weighted by molar-refractivity contribution is 0.247. The van der Waals surface area contributed by atoms with Crippen molar-refractivity contribution < 1.29 is 4.63 Å². The Morgan fingerprint density at radius 2 is 1.77 bits per heavy atom. The second-order valence-corrected chi connectivity index (χ2v) is 8.33. The summed E-state index contributed by atoms with van der Waals surface area (Å²) >= 11 is 1.70. The minimum atomic E-state index is 0.409. The maximum atomic E-state index is 4.82. The van der Waals surface area contributed by atoms with Gasteiger partial charge in [0.25, 0.3) is 0 Å². The third-order valence-corrected chi connectivity index (χ3v) is 5.95. The van der Waals surface area contributed by atoms with Crippen LogP contribution >= 0.6 is 11.3 Å². The molecule has 1 aromatic carbocycles. The molecule has 1 saturated heterocycles. The molecule has 0 amide bonds. The Balaban J connectivity index is 1.31. The standard InChI is InChI=1S/C20H22N8OS/c1-14-22-16(13-30-14)12-27-7-9-28(10-8-27)20-19(21-11-15-5-3-2-4-6-15)23-17-18(24-20)26-29-25-17/h2-6,13H,7-12H2,1H3,(H,21,23,25). The molecule has 1 N–H and O–H groups in total. The van der Waals surface area contributed by atoms with Crippen LogP contribution in [0.5, 0.6) is 0 Å². The van der Waals surface area contributed by atoms with Crippen LogP contribution in [0.3, 0.4) is 0 Å². The molecule has 1 aliphatic heterocycles. The summed E-state index contributed by atoms with van der Waals surface area (Å²) in [5.41, 5.74) is 3.15. The zero-order valence-electron chi connectivity index (χ0n) is 16.7. The first-order valence-electron chi connectivity index (χ1n) is 9.91. The van der Waals surface area contributed by atoms with Crippen LogP contribution in [0.1, 0.15) is 16.3 Å². The molecular formula is C20H22N8OS. The number of piperazine rings is 1. The largest absolute Gasteiger partial charge is 0.363 e. The lowest BCUT2D eigenvalue weighted by Gasteiger charge is -2.35. The summed E-state index contributed by atoms with van der Waals surface area (Å²) < 4.78 is 4.82. The van der Waals surface area contributed by atoms with Crippen molar-refractivity contribution in [3.63, 3.8) is 0 Å². The first-order chi connectivity index (χ1) is 14.7. The summed E-state index contributed by atoms with van der Waals surface area (Å²) in [7, 11) is 0. The van der Waals surface area contributed by atoms with E-state index in [9.17, 15) is 0 Å². The number of nitrogens with zero attached hydrogens (tertiary/aromatic N) is 7. The Hall–Kier alpha value is -3.11. The van der Waals surface area contributed by atoms with Gasteiger partial charge in [-0.25, -0.2) is 19.6 Å². The average molecular weight is 423 g/mol. The highest BCUT2D eigenvalue weighted by Crippen LogP contribution is 2.26. The number of rotatable bonds is 6. The first kappa shape index (κ1) is 18.9. The third-order valence-electron chi connectivity index (χ3n) is 5.12. The predicted octanol–water partition coefficient (Wildman–Crippen LogP) is 2.71. The molecule has 1 aliphatic rings. The van der Waals surface area contributed by atoms with Crippen molar-refractivity contribution in [3.8, 4) is 0 Å². The molecule has 0 atom stereocenters. The highest BCUT2D eigenvalue weighted by atomic mass is 32.1. The van der Waals surface area contributed by atoms with Crippen LogP contribution in [0, 0.1) is 6.92 Å². The van der Waals surface area contributed by atoms with Gasteiger partial charge in [-0.2, -0.15) is 0 Å². The van der Waals surface area contributed by atoms with Crippen molar-refractivity contribution >= 4 is 34.3 Å². The third kappa shape index (κ3) is 4.10. The SMILES string of the molecule is Cc1nc(CN2CCN(c3nc4nonc4nc3NCc3ccccc3)CC2)cs1. The zero-order chi connectivity index (χ0) is 20.3. The molecule has 4 heterocycles. The number of fused-ring (bicyclic) bond motifs is 1. The quantitative estimate of drug-likeness (QED) is 0.503. The summed E-state index contributed by atoms with van der Waals surface area (Å²) in [6.07, 6.45) is 0. The average Bonchev–Trinajstić information content (AvgIpc) is 3.41. The maximum absolute atomic E-state index is 4.82. The van der Waals surface area contributed by atoms with Gasteiger partial charge in [-0.05, 0) is 22.8 Å². The van der Waals surface area contributed by atoms with E-state index in [-0.39, 0.29) is 0 Å². The molecule has 154 valence electrons. The van der Waals surface area contributed by atoms with Crippen LogP contribution < -0.4 is 10.2 Å². The Kier molecular flexibility index (Phi) is 5.24. The van der Waals surface area contributed by atoms with Crippen LogP contribution in [0.2, 0.25) is 0 Å². The van der Waals surface area contributed by atoms with Gasteiger partial charge in [0.15, 0.2) is 11.6 Å².